The Kier molecular flexibility index (Phi) is 15.1. The highest BCUT2D eigenvalue weighted by Crippen LogP contribution is 2.33. The van der Waals surface area contributed by atoms with Crippen LogP contribution in [0.15, 0.2) is 0 Å². The topological polar surface area (TPSA) is 157 Å². The number of rotatable bonds is 19. The van der Waals surface area contributed by atoms with Crippen LogP contribution in [0.5, 0.6) is 0 Å². The number of ether oxygens (including phenoxy) is 2. The molecule has 4 amide bonds. The van der Waals surface area contributed by atoms with Crippen molar-refractivity contribution in [3.05, 3.63) is 0 Å². The number of carbonyl (C=O) groups excluding carboxylic acids is 5. The molecule has 2 rings (SSSR count). The van der Waals surface area contributed by atoms with Crippen LogP contribution in [0.1, 0.15) is 66.2 Å². The Morgan fingerprint density at radius 1 is 1.00 bits per heavy atom. The number of hydrogen-bond acceptors (Lipinski definition) is 9. The van der Waals surface area contributed by atoms with Crippen molar-refractivity contribution in [2.24, 2.45) is 23.5 Å². The molecule has 40 heavy (non-hydrogen) atoms. The molecule has 0 aromatic rings. The minimum Gasteiger partial charge on any atom is -0.379 e. The number of amides is 4. The fraction of sp³-hybridized carbons (Fsp3) is 0.821. The lowest BCUT2D eigenvalue weighted by Crippen LogP contribution is -2.46. The number of primary amides is 1. The van der Waals surface area contributed by atoms with E-state index in [2.05, 4.69) is 24.5 Å². The molecule has 1 heterocycles. The highest BCUT2D eigenvalue weighted by atomic mass is 32.2. The van der Waals surface area contributed by atoms with Crippen LogP contribution in [-0.4, -0.2) is 96.9 Å². The summed E-state index contributed by atoms with van der Waals surface area (Å²) < 4.78 is 10.8. The summed E-state index contributed by atoms with van der Waals surface area (Å²) in [4.78, 5) is 63.4. The molecular formula is C28H48N4O7S. The van der Waals surface area contributed by atoms with Gasteiger partial charge in [0, 0.05) is 49.6 Å². The number of thioether (sulfide) groups is 1. The maximum atomic E-state index is 13.0. The van der Waals surface area contributed by atoms with E-state index < -0.39 is 17.2 Å². The standard InChI is InChI=1S/C28H48N4O7S/c1-18(2)26(35)21-7-5-20(6-8-21)16-32-25(34)15-23(28(32)37)40-17-22(27(29)36)31-24(33)9-11-38-13-14-39-12-10-30-19(3)4/h18-23,30H,5-17H2,1-4H3,(H2,29,36)(H,31,33)/t20?,21?,22-,23?/m1/s1. The molecular weight excluding hydrogens is 536 g/mol. The van der Waals surface area contributed by atoms with Crippen molar-refractivity contribution in [1.82, 2.24) is 15.5 Å². The highest BCUT2D eigenvalue weighted by Gasteiger charge is 2.41. The van der Waals surface area contributed by atoms with Crippen LogP contribution in [0.4, 0.5) is 0 Å². The summed E-state index contributed by atoms with van der Waals surface area (Å²) in [6.45, 7) is 10.6. The monoisotopic (exact) mass is 584 g/mol. The third-order valence-corrected chi connectivity index (χ3v) is 8.55. The van der Waals surface area contributed by atoms with Crippen molar-refractivity contribution < 1.29 is 33.4 Å². The Morgan fingerprint density at radius 3 is 2.25 bits per heavy atom. The van der Waals surface area contributed by atoms with Gasteiger partial charge in [-0.05, 0) is 31.6 Å². The summed E-state index contributed by atoms with van der Waals surface area (Å²) in [5.41, 5.74) is 5.48. The van der Waals surface area contributed by atoms with Crippen LogP contribution in [0.3, 0.4) is 0 Å². The smallest absolute Gasteiger partial charge is 0.242 e. The lowest BCUT2D eigenvalue weighted by Gasteiger charge is -2.30. The molecule has 0 bridgehead atoms. The molecule has 2 atom stereocenters. The molecule has 0 aromatic heterocycles. The van der Waals surface area contributed by atoms with Crippen LogP contribution in [0, 0.1) is 17.8 Å². The van der Waals surface area contributed by atoms with Gasteiger partial charge in [0.25, 0.3) is 0 Å². The summed E-state index contributed by atoms with van der Waals surface area (Å²) in [6.07, 6.45) is 3.35. The number of nitrogens with one attached hydrogen (secondary N) is 2. The van der Waals surface area contributed by atoms with Crippen LogP contribution in [-0.2, 0) is 33.4 Å². The number of ketones is 1. The average Bonchev–Trinajstić information content (AvgIpc) is 3.17. The first-order valence-electron chi connectivity index (χ1n) is 14.5. The summed E-state index contributed by atoms with van der Waals surface area (Å²) in [7, 11) is 0. The largest absolute Gasteiger partial charge is 0.379 e. The zero-order valence-electron chi connectivity index (χ0n) is 24.4. The molecule has 11 nitrogen and oxygen atoms in total. The predicted octanol–water partition coefficient (Wildman–Crippen LogP) is 1.27. The lowest BCUT2D eigenvalue weighted by molar-refractivity contribution is -0.139. The van der Waals surface area contributed by atoms with Gasteiger partial charge >= 0.3 is 0 Å². The molecule has 2 aliphatic rings. The molecule has 1 saturated carbocycles. The minimum atomic E-state index is -0.958. The molecule has 0 radical (unpaired) electrons. The second-order valence-electron chi connectivity index (χ2n) is 11.2. The fourth-order valence-corrected chi connectivity index (χ4v) is 6.12. The van der Waals surface area contributed by atoms with Gasteiger partial charge < -0.3 is 25.8 Å². The summed E-state index contributed by atoms with van der Waals surface area (Å²) in [5.74, 6) is -0.881. The maximum Gasteiger partial charge on any atom is 0.242 e. The van der Waals surface area contributed by atoms with Crippen molar-refractivity contribution in [2.45, 2.75) is 83.6 Å². The zero-order valence-corrected chi connectivity index (χ0v) is 25.3. The second kappa shape index (κ2) is 17.7. The van der Waals surface area contributed by atoms with Gasteiger partial charge in [-0.3, -0.25) is 28.9 Å². The highest BCUT2D eigenvalue weighted by molar-refractivity contribution is 8.00. The van der Waals surface area contributed by atoms with Crippen molar-refractivity contribution in [2.75, 3.05) is 45.3 Å². The van der Waals surface area contributed by atoms with Crippen molar-refractivity contribution in [3.8, 4) is 0 Å². The average molecular weight is 585 g/mol. The number of hydrogen-bond donors (Lipinski definition) is 3. The van der Waals surface area contributed by atoms with Crippen LogP contribution < -0.4 is 16.4 Å². The maximum absolute atomic E-state index is 13.0. The van der Waals surface area contributed by atoms with Crippen molar-refractivity contribution in [3.63, 3.8) is 0 Å². The van der Waals surface area contributed by atoms with Crippen molar-refractivity contribution in [1.29, 1.82) is 0 Å². The molecule has 4 N–H and O–H groups in total. The number of imide groups is 1. The SMILES string of the molecule is CC(C)NCCOCCOCCC(=O)N[C@H](CSC1CC(=O)N(CC2CCC(C(=O)C(C)C)CC2)C1=O)C(N)=O. The van der Waals surface area contributed by atoms with Crippen LogP contribution in [0.2, 0.25) is 0 Å². The van der Waals surface area contributed by atoms with Crippen LogP contribution >= 0.6 is 11.8 Å². The van der Waals surface area contributed by atoms with Crippen molar-refractivity contribution >= 4 is 41.2 Å². The normalized spacial score (nSPS) is 22.2. The van der Waals surface area contributed by atoms with Gasteiger partial charge in [-0.15, -0.1) is 11.8 Å². The number of nitrogens with two attached hydrogens (primary N) is 1. The summed E-state index contributed by atoms with van der Waals surface area (Å²) >= 11 is 1.17. The van der Waals surface area contributed by atoms with E-state index in [1.54, 1.807) is 0 Å². The van der Waals surface area contributed by atoms with E-state index in [4.69, 9.17) is 15.2 Å². The summed E-state index contributed by atoms with van der Waals surface area (Å²) in [6, 6.07) is -0.555. The van der Waals surface area contributed by atoms with E-state index >= 15 is 0 Å². The molecule has 1 unspecified atom stereocenters. The van der Waals surface area contributed by atoms with E-state index in [1.807, 2.05) is 13.8 Å². The van der Waals surface area contributed by atoms with Gasteiger partial charge in [0.15, 0.2) is 0 Å². The first-order chi connectivity index (χ1) is 19.0. The molecule has 0 aromatic carbocycles. The minimum absolute atomic E-state index is 0.0239. The molecule has 2 fully saturated rings. The Hall–Kier alpha value is -2.02. The van der Waals surface area contributed by atoms with Gasteiger partial charge in [-0.25, -0.2) is 0 Å². The second-order valence-corrected chi connectivity index (χ2v) is 12.5. The number of nitrogens with zero attached hydrogens (tertiary/aromatic N) is 1. The summed E-state index contributed by atoms with van der Waals surface area (Å²) in [5, 5.41) is 5.24. The van der Waals surface area contributed by atoms with Gasteiger partial charge in [-0.2, -0.15) is 0 Å². The number of Topliss-reactive ketones (excluding diaryl/α,β-unsaturated/α-hetero) is 1. The molecule has 1 aliphatic carbocycles. The Bertz CT molecular complexity index is 862. The zero-order chi connectivity index (χ0) is 29.7. The Labute approximate surface area is 242 Å². The van der Waals surface area contributed by atoms with Gasteiger partial charge in [0.05, 0.1) is 31.7 Å². The van der Waals surface area contributed by atoms with E-state index in [-0.39, 0.29) is 60.7 Å². The van der Waals surface area contributed by atoms with E-state index in [9.17, 15) is 24.0 Å². The number of likely N-dealkylation sites (tertiary alicyclic amines) is 1. The lowest BCUT2D eigenvalue weighted by atomic mass is 9.77. The number of carbonyl (C=O) groups is 5. The molecule has 1 saturated heterocycles. The predicted molar refractivity (Wildman–Crippen MR) is 153 cm³/mol. The van der Waals surface area contributed by atoms with E-state index in [0.717, 1.165) is 32.2 Å². The van der Waals surface area contributed by atoms with Gasteiger partial charge in [-0.1, -0.05) is 27.7 Å². The van der Waals surface area contributed by atoms with Gasteiger partial charge in [0.2, 0.25) is 23.6 Å². The third kappa shape index (κ3) is 11.8. The Balaban J connectivity index is 1.68. The Morgan fingerprint density at radius 2 is 1.65 bits per heavy atom. The molecule has 228 valence electrons. The molecule has 1 aliphatic heterocycles. The molecule has 0 spiro atoms. The first-order valence-corrected chi connectivity index (χ1v) is 15.5. The van der Waals surface area contributed by atoms with E-state index in [1.165, 1.54) is 16.7 Å². The van der Waals surface area contributed by atoms with E-state index in [0.29, 0.717) is 38.2 Å². The third-order valence-electron chi connectivity index (χ3n) is 7.25. The quantitative estimate of drug-likeness (QED) is 0.150. The fourth-order valence-electron chi connectivity index (χ4n) is 4.91. The van der Waals surface area contributed by atoms with Crippen LogP contribution in [0.25, 0.3) is 0 Å². The first kappa shape index (κ1) is 34.2. The van der Waals surface area contributed by atoms with Gasteiger partial charge in [0.1, 0.15) is 11.8 Å². The molecule has 12 heteroatoms.